The highest BCUT2D eigenvalue weighted by molar-refractivity contribution is 6.03. The first-order valence-electron chi connectivity index (χ1n) is 25.5. The molecule has 8 aliphatic carbocycles. The largest absolute Gasteiger partial charge is 0.351 e. The van der Waals surface area contributed by atoms with Crippen molar-refractivity contribution in [2.75, 3.05) is 0 Å². The Labute approximate surface area is 398 Å². The molecule has 3 heterocycles. The lowest BCUT2D eigenvalue weighted by Gasteiger charge is -2.38. The average Bonchev–Trinajstić information content (AvgIpc) is 3.92. The lowest BCUT2D eigenvalue weighted by atomic mass is 9.85. The minimum atomic E-state index is -0.219. The van der Waals surface area contributed by atoms with Crippen LogP contribution >= 0.6 is 0 Å². The molecule has 0 bridgehead atoms. The molecule has 5 unspecified atom stereocenters. The number of aromatic nitrogens is 2. The van der Waals surface area contributed by atoms with Gasteiger partial charge in [0.25, 0.3) is 0 Å². The molecule has 0 saturated carbocycles. The summed E-state index contributed by atoms with van der Waals surface area (Å²) in [5.74, 6) is 1.68. The fraction of sp³-hybridized carbons (Fsp3) is 0.254. The molecule has 68 heavy (non-hydrogen) atoms. The van der Waals surface area contributed by atoms with Crippen LogP contribution in [0.1, 0.15) is 114 Å². The van der Waals surface area contributed by atoms with Crippen LogP contribution in [0.5, 0.6) is 0 Å². The first kappa shape index (κ1) is 40.1. The maximum absolute atomic E-state index is 5.50. The van der Waals surface area contributed by atoms with E-state index in [1.165, 1.54) is 99.1 Å². The second kappa shape index (κ2) is 16.4. The van der Waals surface area contributed by atoms with Crippen molar-refractivity contribution < 1.29 is 0 Å². The van der Waals surface area contributed by atoms with Crippen LogP contribution in [-0.2, 0) is 19.3 Å². The van der Waals surface area contributed by atoms with Gasteiger partial charge in [-0.25, -0.2) is 4.99 Å². The molecular formula is C63H57N5. The van der Waals surface area contributed by atoms with Crippen LogP contribution < -0.4 is 31.6 Å². The molecule has 0 amide bonds. The molecule has 5 atom stereocenters. The minimum Gasteiger partial charge on any atom is -0.351 e. The van der Waals surface area contributed by atoms with Crippen molar-refractivity contribution in [3.05, 3.63) is 210 Å². The van der Waals surface area contributed by atoms with Gasteiger partial charge >= 0.3 is 0 Å². The molecule has 14 rings (SSSR count). The van der Waals surface area contributed by atoms with Gasteiger partial charge in [-0.15, -0.1) is 0 Å². The van der Waals surface area contributed by atoms with E-state index in [-0.39, 0.29) is 18.4 Å². The van der Waals surface area contributed by atoms with Crippen molar-refractivity contribution in [2.24, 2.45) is 10.9 Å². The summed E-state index contributed by atoms with van der Waals surface area (Å²) in [4.78, 5) is 5.50. The summed E-state index contributed by atoms with van der Waals surface area (Å²) in [6, 6.07) is 23.2. The van der Waals surface area contributed by atoms with E-state index >= 15 is 0 Å². The predicted molar refractivity (Wildman–Crippen MR) is 283 cm³/mol. The van der Waals surface area contributed by atoms with Gasteiger partial charge in [-0.05, 0) is 133 Å². The highest BCUT2D eigenvalue weighted by Crippen LogP contribution is 2.42. The standard InChI is InChI=1S/C63H57N5/c1-3-16-40(17-4-1)44-22-15-23-46(36-44)62-64-61(43-20-5-2-6-21-43)65-63(66-62)60-50-25-10-8-19-42(50)32-35-57(60)68-54-28-13-11-26-51(54)53-38-45-30-33-48(37-47(45)39-58(53)68)67-55-29-14-12-27-52(55)59-49-24-9-7-18-41(49)31-34-56(59)67/h1,3-5,8-12,15-16,19-27,31-34,36-40,45,57,62-63,66H,2,6-7,13-14,17-18,28-30,35H2,(H,64,65). The topological polar surface area (TPSA) is 46.3 Å². The van der Waals surface area contributed by atoms with Gasteiger partial charge in [0.15, 0.2) is 0 Å². The van der Waals surface area contributed by atoms with E-state index in [2.05, 4.69) is 190 Å². The molecule has 5 heteroatoms. The molecule has 2 aromatic heterocycles. The molecule has 5 nitrogen and oxygen atoms in total. The number of fused-ring (bicyclic) bond motifs is 10. The van der Waals surface area contributed by atoms with Gasteiger partial charge in [0.05, 0.1) is 11.6 Å². The van der Waals surface area contributed by atoms with E-state index < -0.39 is 0 Å². The summed E-state index contributed by atoms with van der Waals surface area (Å²) in [6.07, 6.45) is 54.2. The molecule has 334 valence electrons. The van der Waals surface area contributed by atoms with Crippen LogP contribution in [0.15, 0.2) is 150 Å². The van der Waals surface area contributed by atoms with Gasteiger partial charge in [0.2, 0.25) is 0 Å². The Balaban J connectivity index is 0.915. The zero-order valence-electron chi connectivity index (χ0n) is 38.7. The van der Waals surface area contributed by atoms with Crippen molar-refractivity contribution >= 4 is 64.5 Å². The van der Waals surface area contributed by atoms with Gasteiger partial charge in [-0.3, -0.25) is 5.32 Å². The summed E-state index contributed by atoms with van der Waals surface area (Å²) in [7, 11) is 0. The first-order valence-corrected chi connectivity index (χ1v) is 25.5. The lowest BCUT2D eigenvalue weighted by Crippen LogP contribution is -2.56. The molecule has 0 radical (unpaired) electrons. The lowest BCUT2D eigenvalue weighted by molar-refractivity contribution is 0.431. The maximum Gasteiger partial charge on any atom is 0.131 e. The normalized spacial score (nSPS) is 24.9. The van der Waals surface area contributed by atoms with Crippen molar-refractivity contribution in [2.45, 2.75) is 94.9 Å². The molecule has 3 aromatic carbocycles. The molecule has 0 saturated heterocycles. The zero-order valence-corrected chi connectivity index (χ0v) is 38.7. The van der Waals surface area contributed by atoms with Gasteiger partial charge in [-0.2, -0.15) is 0 Å². The molecular weight excluding hydrogens is 827 g/mol. The molecule has 9 aliphatic rings. The van der Waals surface area contributed by atoms with Crippen molar-refractivity contribution in [1.82, 2.24) is 19.8 Å². The van der Waals surface area contributed by atoms with Crippen LogP contribution in [0, 0.1) is 5.92 Å². The van der Waals surface area contributed by atoms with Crippen LogP contribution in [0.3, 0.4) is 0 Å². The molecule has 0 fully saturated rings. The Morgan fingerprint density at radius 2 is 1.50 bits per heavy atom. The van der Waals surface area contributed by atoms with Gasteiger partial charge in [0, 0.05) is 61.6 Å². The van der Waals surface area contributed by atoms with Crippen LogP contribution in [0.25, 0.3) is 58.6 Å². The van der Waals surface area contributed by atoms with Crippen molar-refractivity contribution in [3.63, 3.8) is 0 Å². The number of allylic oxidation sites excluding steroid dienone is 13. The quantitative estimate of drug-likeness (QED) is 0.179. The van der Waals surface area contributed by atoms with E-state index in [1.54, 1.807) is 0 Å². The van der Waals surface area contributed by atoms with E-state index in [0.717, 1.165) is 76.5 Å². The van der Waals surface area contributed by atoms with Crippen LogP contribution in [0.4, 0.5) is 0 Å². The van der Waals surface area contributed by atoms with Gasteiger partial charge in [-0.1, -0.05) is 152 Å². The third-order valence-electron chi connectivity index (χ3n) is 16.2. The van der Waals surface area contributed by atoms with Crippen molar-refractivity contribution in [3.8, 4) is 0 Å². The second-order valence-corrected chi connectivity index (χ2v) is 20.1. The fourth-order valence-corrected chi connectivity index (χ4v) is 13.0. The Morgan fingerprint density at radius 3 is 2.40 bits per heavy atom. The number of hydrogen-bond acceptors (Lipinski definition) is 3. The summed E-state index contributed by atoms with van der Waals surface area (Å²) in [6.45, 7) is 0. The zero-order chi connectivity index (χ0) is 44.7. The van der Waals surface area contributed by atoms with Gasteiger partial charge < -0.3 is 14.5 Å². The van der Waals surface area contributed by atoms with Crippen molar-refractivity contribution in [1.29, 1.82) is 0 Å². The maximum atomic E-state index is 5.50. The molecule has 2 N–H and O–H groups in total. The Morgan fingerprint density at radius 1 is 0.647 bits per heavy atom. The third kappa shape index (κ3) is 6.57. The minimum absolute atomic E-state index is 0.0899. The van der Waals surface area contributed by atoms with E-state index in [9.17, 15) is 0 Å². The number of aryl methyl sites for hydroxylation is 1. The summed E-state index contributed by atoms with van der Waals surface area (Å²) >= 11 is 0. The number of benzene rings is 3. The molecule has 0 spiro atoms. The van der Waals surface area contributed by atoms with Crippen LogP contribution in [0.2, 0.25) is 0 Å². The Bertz CT molecular complexity index is 3580. The number of aliphatic imine (C=N–C) groups is 1. The van der Waals surface area contributed by atoms with E-state index in [1.807, 2.05) is 0 Å². The number of nitrogens with one attached hydrogen (secondary N) is 2. The monoisotopic (exact) mass is 883 g/mol. The third-order valence-corrected chi connectivity index (χ3v) is 16.2. The number of hydrogen-bond donors (Lipinski definition) is 2. The Hall–Kier alpha value is -6.95. The molecule has 5 aromatic rings. The van der Waals surface area contributed by atoms with E-state index in [4.69, 9.17) is 4.99 Å². The highest BCUT2D eigenvalue weighted by atomic mass is 15.3. The summed E-state index contributed by atoms with van der Waals surface area (Å²) < 4.78 is 5.41. The summed E-state index contributed by atoms with van der Waals surface area (Å²) in [5.41, 5.74) is 17.9. The average molecular weight is 884 g/mol. The fourth-order valence-electron chi connectivity index (χ4n) is 13.0. The number of amidine groups is 1. The van der Waals surface area contributed by atoms with Gasteiger partial charge in [0.1, 0.15) is 18.2 Å². The van der Waals surface area contributed by atoms with Crippen LogP contribution in [-0.4, -0.2) is 21.1 Å². The molecule has 1 aliphatic heterocycles. The smallest absolute Gasteiger partial charge is 0.131 e. The van der Waals surface area contributed by atoms with E-state index in [0.29, 0.717) is 11.8 Å². The highest BCUT2D eigenvalue weighted by Gasteiger charge is 2.36. The first-order chi connectivity index (χ1) is 33.7. The second-order valence-electron chi connectivity index (χ2n) is 20.1. The predicted octanol–water partition coefficient (Wildman–Crippen LogP) is 10.5. The number of rotatable bonds is 6. The Kier molecular flexibility index (Phi) is 9.67. The SMILES string of the molecule is C1=CCC(c2cccc(C3N=C(C4=CCCC=C4)NC(C4=c5ccccc5=CCC4n4c5c(c6c4=CC4=CC(n7c8c(c9c%10c(ccc97)CCC=C%10)C=CCC8)=CCC4C=6)C=CCC5)N3)c2)C=C1. The summed E-state index contributed by atoms with van der Waals surface area (Å²) in [5, 5.41) is 15.0. The number of nitrogens with zero attached hydrogens (tertiary/aromatic N) is 3.